The molecule has 1 aliphatic heterocycles. The van der Waals surface area contributed by atoms with Gasteiger partial charge in [-0.15, -0.1) is 0 Å². The van der Waals surface area contributed by atoms with E-state index in [0.717, 1.165) is 11.3 Å². The Labute approximate surface area is 133 Å². The number of halogens is 1. The number of hydrogen-bond acceptors (Lipinski definition) is 4. The van der Waals surface area contributed by atoms with Gasteiger partial charge in [-0.3, -0.25) is 4.84 Å². The van der Waals surface area contributed by atoms with Crippen LogP contribution in [-0.2, 0) is 11.4 Å². The molecule has 1 N–H and O–H groups in total. The lowest BCUT2D eigenvalue weighted by molar-refractivity contribution is -0.600. The molecule has 0 unspecified atom stereocenters. The van der Waals surface area contributed by atoms with Crippen LogP contribution in [0.2, 0.25) is 0 Å². The largest absolute Gasteiger partial charge is 0.341 e. The second-order valence-electron chi connectivity index (χ2n) is 5.07. The van der Waals surface area contributed by atoms with Crippen molar-refractivity contribution >= 4 is 11.6 Å². The van der Waals surface area contributed by atoms with Gasteiger partial charge >= 0.3 is 5.90 Å². The van der Waals surface area contributed by atoms with Crippen molar-refractivity contribution in [1.82, 2.24) is 0 Å². The third-order valence-corrected chi connectivity index (χ3v) is 3.18. The fourth-order valence-corrected chi connectivity index (χ4v) is 2.13. The van der Waals surface area contributed by atoms with E-state index in [4.69, 9.17) is 4.84 Å². The van der Waals surface area contributed by atoms with Gasteiger partial charge in [0.15, 0.2) is 11.8 Å². The Morgan fingerprint density at radius 2 is 1.96 bits per heavy atom. The van der Waals surface area contributed by atoms with Crippen LogP contribution in [0.25, 0.3) is 0 Å². The number of nitrogens with zero attached hydrogens (tertiary/aromatic N) is 3. The first-order valence-electron chi connectivity index (χ1n) is 7.15. The molecule has 2 aromatic rings. The summed E-state index contributed by atoms with van der Waals surface area (Å²) in [4.78, 5) is 9.47. The molecule has 6 heteroatoms. The van der Waals surface area contributed by atoms with Crippen LogP contribution in [0.1, 0.15) is 5.56 Å². The normalized spacial score (nSPS) is 15.2. The van der Waals surface area contributed by atoms with Crippen LogP contribution in [0.3, 0.4) is 0 Å². The van der Waals surface area contributed by atoms with Crippen LogP contribution < -0.4 is 5.32 Å². The molecule has 116 valence electrons. The van der Waals surface area contributed by atoms with E-state index in [1.807, 2.05) is 30.3 Å². The monoisotopic (exact) mass is 311 g/mol. The van der Waals surface area contributed by atoms with Gasteiger partial charge in [-0.2, -0.15) is 4.99 Å². The summed E-state index contributed by atoms with van der Waals surface area (Å²) in [7, 11) is 0. The highest BCUT2D eigenvalue weighted by Gasteiger charge is 2.23. The number of benzene rings is 2. The van der Waals surface area contributed by atoms with Crippen molar-refractivity contribution in [2.75, 3.05) is 11.9 Å². The minimum Gasteiger partial charge on any atom is -0.341 e. The van der Waals surface area contributed by atoms with Crippen molar-refractivity contribution in [2.45, 2.75) is 6.54 Å². The van der Waals surface area contributed by atoms with Gasteiger partial charge in [-0.1, -0.05) is 29.5 Å². The van der Waals surface area contributed by atoms with E-state index in [2.05, 4.69) is 22.2 Å². The number of aliphatic imine (C=N–C) groups is 1. The van der Waals surface area contributed by atoms with Crippen molar-refractivity contribution < 1.29 is 13.9 Å². The van der Waals surface area contributed by atoms with Gasteiger partial charge in [0.05, 0.1) is 0 Å². The molecule has 0 saturated carbocycles. The lowest BCUT2D eigenvalue weighted by Gasteiger charge is -2.04. The quantitative estimate of drug-likeness (QED) is 0.856. The van der Waals surface area contributed by atoms with E-state index in [1.165, 1.54) is 12.1 Å². The summed E-state index contributed by atoms with van der Waals surface area (Å²) in [5.74, 6) is 0.680. The molecule has 1 aliphatic rings. The minimum atomic E-state index is -0.256. The summed E-state index contributed by atoms with van der Waals surface area (Å²) in [5.41, 5.74) is 1.85. The summed E-state index contributed by atoms with van der Waals surface area (Å²) in [6, 6.07) is 15.9. The maximum Gasteiger partial charge on any atom is 0.300 e. The molecule has 0 amide bonds. The molecule has 0 radical (unpaired) electrons. The number of rotatable bonds is 5. The molecule has 0 aliphatic carbocycles. The summed E-state index contributed by atoms with van der Waals surface area (Å²) >= 11 is 0. The Kier molecular flexibility index (Phi) is 4.42. The highest BCUT2D eigenvalue weighted by Crippen LogP contribution is 2.11. The molecule has 0 aromatic heterocycles. The summed E-state index contributed by atoms with van der Waals surface area (Å²) in [6.45, 7) is 4.81. The number of anilines is 1. The zero-order chi connectivity index (χ0) is 16.1. The van der Waals surface area contributed by atoms with E-state index in [-0.39, 0.29) is 5.82 Å². The highest BCUT2D eigenvalue weighted by atomic mass is 19.1. The van der Waals surface area contributed by atoms with Crippen LogP contribution in [0, 0.1) is 5.82 Å². The van der Waals surface area contributed by atoms with Crippen molar-refractivity contribution in [2.24, 2.45) is 10.3 Å². The van der Waals surface area contributed by atoms with E-state index >= 15 is 0 Å². The van der Waals surface area contributed by atoms with Gasteiger partial charge < -0.3 is 5.32 Å². The van der Waals surface area contributed by atoms with E-state index in [9.17, 15) is 4.39 Å². The van der Waals surface area contributed by atoms with Crippen LogP contribution in [-0.4, -0.2) is 17.1 Å². The second-order valence-corrected chi connectivity index (χ2v) is 5.07. The van der Waals surface area contributed by atoms with Crippen LogP contribution in [0.15, 0.2) is 77.3 Å². The van der Waals surface area contributed by atoms with Crippen molar-refractivity contribution in [3.05, 3.63) is 78.4 Å². The molecule has 23 heavy (non-hydrogen) atoms. The smallest absolute Gasteiger partial charge is 0.300 e. The van der Waals surface area contributed by atoms with Crippen molar-refractivity contribution in [3.8, 4) is 0 Å². The van der Waals surface area contributed by atoms with Gasteiger partial charge in [0.2, 0.25) is 0 Å². The Bertz CT molecular complexity index is 754. The molecule has 0 spiro atoms. The predicted molar refractivity (Wildman–Crippen MR) is 85.4 cm³/mol. The Balaban J connectivity index is 1.55. The standard InChI is InChI=1S/C17H16FN4O/c1-13(19-16-5-3-2-4-6-16)20-17-12-22(21-23-17)11-14-7-9-15(18)10-8-14/h2-10,19H,1,11-12H2/q+1. The molecular formula is C17H16FN4O+. The number of hydrogen-bond donors (Lipinski definition) is 1. The molecule has 0 fully saturated rings. The first-order chi connectivity index (χ1) is 11.2. The molecule has 3 rings (SSSR count). The van der Waals surface area contributed by atoms with Gasteiger partial charge in [-0.05, 0) is 36.4 Å². The average molecular weight is 311 g/mol. The first-order valence-corrected chi connectivity index (χ1v) is 7.15. The lowest BCUT2D eigenvalue weighted by atomic mass is 10.2. The molecule has 0 atom stereocenters. The molecule has 2 aromatic carbocycles. The lowest BCUT2D eigenvalue weighted by Crippen LogP contribution is -2.13. The summed E-state index contributed by atoms with van der Waals surface area (Å²) < 4.78 is 14.6. The number of nitrogens with one attached hydrogen (secondary N) is 1. The average Bonchev–Trinajstić information content (AvgIpc) is 2.97. The molecule has 0 bridgehead atoms. The van der Waals surface area contributed by atoms with E-state index in [1.54, 1.807) is 16.8 Å². The highest BCUT2D eigenvalue weighted by molar-refractivity contribution is 5.78. The first kappa shape index (κ1) is 14.9. The fraction of sp³-hybridized carbons (Fsp3) is 0.118. The van der Waals surface area contributed by atoms with Crippen molar-refractivity contribution in [1.29, 1.82) is 0 Å². The number of para-hydroxylation sites is 1. The van der Waals surface area contributed by atoms with E-state index in [0.29, 0.717) is 24.8 Å². The Morgan fingerprint density at radius 1 is 1.22 bits per heavy atom. The van der Waals surface area contributed by atoms with Gasteiger partial charge in [0, 0.05) is 11.3 Å². The Hall–Kier alpha value is -3.02. The topological polar surface area (TPSA) is 49.0 Å². The fourth-order valence-electron chi connectivity index (χ4n) is 2.13. The van der Waals surface area contributed by atoms with Crippen LogP contribution >= 0.6 is 0 Å². The summed E-state index contributed by atoms with van der Waals surface area (Å²) in [6.07, 6.45) is 0. The van der Waals surface area contributed by atoms with Crippen molar-refractivity contribution in [3.63, 3.8) is 0 Å². The maximum absolute atomic E-state index is 12.9. The van der Waals surface area contributed by atoms with Gasteiger partial charge in [0.25, 0.3) is 6.54 Å². The maximum atomic E-state index is 12.9. The molecule has 1 heterocycles. The second kappa shape index (κ2) is 6.83. The molecule has 0 saturated heterocycles. The SMILES string of the molecule is C=C(N=C1C[N+](Cc2ccc(F)cc2)=NO1)Nc1ccccc1. The Morgan fingerprint density at radius 3 is 2.70 bits per heavy atom. The summed E-state index contributed by atoms with van der Waals surface area (Å²) in [5, 5.41) is 7.01. The predicted octanol–water partition coefficient (Wildman–Crippen LogP) is 3.72. The third kappa shape index (κ3) is 4.23. The zero-order valence-electron chi connectivity index (χ0n) is 12.4. The molecule has 5 nitrogen and oxygen atoms in total. The minimum absolute atomic E-state index is 0.256. The van der Waals surface area contributed by atoms with Gasteiger partial charge in [-0.25, -0.2) is 4.39 Å². The van der Waals surface area contributed by atoms with Crippen LogP contribution in [0.4, 0.5) is 10.1 Å². The van der Waals surface area contributed by atoms with Gasteiger partial charge in [0.1, 0.15) is 11.6 Å². The molecular weight excluding hydrogens is 295 g/mol. The zero-order valence-corrected chi connectivity index (χ0v) is 12.4. The third-order valence-electron chi connectivity index (χ3n) is 3.18. The van der Waals surface area contributed by atoms with Crippen LogP contribution in [0.5, 0.6) is 0 Å². The van der Waals surface area contributed by atoms with E-state index < -0.39 is 0 Å².